The lowest BCUT2D eigenvalue weighted by Crippen LogP contribution is -2.54. The molecule has 6 heteroatoms. The van der Waals surface area contributed by atoms with Crippen LogP contribution in [0.1, 0.15) is 5.56 Å². The van der Waals surface area contributed by atoms with Crippen molar-refractivity contribution < 1.29 is 8.42 Å². The largest absolute Gasteiger partial charge is 0.370 e. The van der Waals surface area contributed by atoms with Gasteiger partial charge >= 0.3 is 0 Å². The lowest BCUT2D eigenvalue weighted by molar-refractivity contribution is 0.550. The van der Waals surface area contributed by atoms with Crippen LogP contribution in [0.3, 0.4) is 0 Å². The van der Waals surface area contributed by atoms with Crippen LogP contribution in [0.4, 0.5) is 0 Å². The molecule has 5 nitrogen and oxygen atoms in total. The minimum Gasteiger partial charge on any atom is -0.370 e. The zero-order valence-electron chi connectivity index (χ0n) is 9.33. The maximum Gasteiger partial charge on any atom is 0.189 e. The standard InChI is InChI=1S/C11H15N3O2S/c12-11(14-10-7-17(15,16)8-10)13-6-9-4-2-1-3-5-9/h1-5,10H,6-8H2,(H3,12,13,14). The molecule has 1 heterocycles. The number of hydrogen-bond donors (Lipinski definition) is 2. The van der Waals surface area contributed by atoms with E-state index in [9.17, 15) is 8.42 Å². The topological polar surface area (TPSA) is 84.5 Å². The first-order chi connectivity index (χ1) is 8.05. The van der Waals surface area contributed by atoms with Gasteiger partial charge in [0, 0.05) is 0 Å². The van der Waals surface area contributed by atoms with E-state index < -0.39 is 9.84 Å². The second kappa shape index (κ2) is 4.75. The molecule has 0 spiro atoms. The van der Waals surface area contributed by atoms with Gasteiger partial charge in [0.1, 0.15) is 0 Å². The van der Waals surface area contributed by atoms with E-state index in [4.69, 9.17) is 5.73 Å². The third-order valence-corrected chi connectivity index (χ3v) is 4.36. The molecule has 0 bridgehead atoms. The van der Waals surface area contributed by atoms with Crippen LogP contribution in [0.2, 0.25) is 0 Å². The van der Waals surface area contributed by atoms with Crippen LogP contribution in [0, 0.1) is 0 Å². The summed E-state index contributed by atoms with van der Waals surface area (Å²) >= 11 is 0. The predicted octanol–water partition coefficient (Wildman–Crippen LogP) is -0.112. The van der Waals surface area contributed by atoms with Crippen molar-refractivity contribution in [1.82, 2.24) is 5.32 Å². The SMILES string of the molecule is NC(=NCc1ccccc1)NC1CS(=O)(=O)C1. The lowest BCUT2D eigenvalue weighted by Gasteiger charge is -2.26. The number of sulfone groups is 1. The van der Waals surface area contributed by atoms with Gasteiger partial charge in [-0.2, -0.15) is 0 Å². The van der Waals surface area contributed by atoms with Gasteiger partial charge in [-0.15, -0.1) is 0 Å². The van der Waals surface area contributed by atoms with Crippen molar-refractivity contribution in [3.05, 3.63) is 35.9 Å². The number of nitrogens with zero attached hydrogens (tertiary/aromatic N) is 1. The molecule has 0 unspecified atom stereocenters. The van der Waals surface area contributed by atoms with Crippen molar-refractivity contribution in [2.45, 2.75) is 12.6 Å². The highest BCUT2D eigenvalue weighted by Crippen LogP contribution is 2.09. The number of guanidine groups is 1. The van der Waals surface area contributed by atoms with Gasteiger partial charge in [0.15, 0.2) is 15.8 Å². The average Bonchev–Trinajstić information content (AvgIpc) is 2.25. The molecule has 1 aliphatic heterocycles. The number of nitrogens with one attached hydrogen (secondary N) is 1. The minimum atomic E-state index is -2.82. The predicted molar refractivity (Wildman–Crippen MR) is 67.3 cm³/mol. The first-order valence-corrected chi connectivity index (χ1v) is 7.18. The highest BCUT2D eigenvalue weighted by atomic mass is 32.2. The van der Waals surface area contributed by atoms with Crippen molar-refractivity contribution >= 4 is 15.8 Å². The van der Waals surface area contributed by atoms with Crippen LogP contribution in [-0.2, 0) is 16.4 Å². The van der Waals surface area contributed by atoms with Gasteiger partial charge in [0.25, 0.3) is 0 Å². The molecule has 0 amide bonds. The van der Waals surface area contributed by atoms with E-state index in [0.717, 1.165) is 5.56 Å². The first kappa shape index (κ1) is 11.9. The number of nitrogens with two attached hydrogens (primary N) is 1. The molecular formula is C11H15N3O2S. The maximum absolute atomic E-state index is 10.9. The summed E-state index contributed by atoms with van der Waals surface area (Å²) in [7, 11) is -2.82. The Kier molecular flexibility index (Phi) is 3.33. The fraction of sp³-hybridized carbons (Fsp3) is 0.364. The third kappa shape index (κ3) is 3.45. The van der Waals surface area contributed by atoms with E-state index in [1.807, 2.05) is 30.3 Å². The molecule has 1 fully saturated rings. The summed E-state index contributed by atoms with van der Waals surface area (Å²) in [6.07, 6.45) is 0. The number of aliphatic imine (C=N–C) groups is 1. The first-order valence-electron chi connectivity index (χ1n) is 5.36. The molecular weight excluding hydrogens is 238 g/mol. The van der Waals surface area contributed by atoms with Gasteiger partial charge in [0.2, 0.25) is 0 Å². The van der Waals surface area contributed by atoms with E-state index in [1.54, 1.807) is 0 Å². The Labute approximate surface area is 101 Å². The van der Waals surface area contributed by atoms with Crippen molar-refractivity contribution in [3.8, 4) is 0 Å². The van der Waals surface area contributed by atoms with Gasteiger partial charge in [-0.05, 0) is 5.56 Å². The molecule has 0 saturated carbocycles. The van der Waals surface area contributed by atoms with Gasteiger partial charge in [-0.25, -0.2) is 13.4 Å². The van der Waals surface area contributed by atoms with E-state index in [1.165, 1.54) is 0 Å². The smallest absolute Gasteiger partial charge is 0.189 e. The summed E-state index contributed by atoms with van der Waals surface area (Å²) in [4.78, 5) is 4.15. The summed E-state index contributed by atoms with van der Waals surface area (Å²) in [5.74, 6) is 0.595. The average molecular weight is 253 g/mol. The fourth-order valence-electron chi connectivity index (χ4n) is 1.66. The van der Waals surface area contributed by atoms with E-state index in [2.05, 4.69) is 10.3 Å². The van der Waals surface area contributed by atoms with Crippen molar-refractivity contribution in [1.29, 1.82) is 0 Å². The highest BCUT2D eigenvalue weighted by molar-refractivity contribution is 7.92. The second-order valence-electron chi connectivity index (χ2n) is 4.11. The molecule has 0 atom stereocenters. The monoisotopic (exact) mass is 253 g/mol. The van der Waals surface area contributed by atoms with E-state index >= 15 is 0 Å². The van der Waals surface area contributed by atoms with Crippen molar-refractivity contribution in [3.63, 3.8) is 0 Å². The molecule has 2 rings (SSSR count). The third-order valence-electron chi connectivity index (χ3n) is 2.54. The van der Waals surface area contributed by atoms with Gasteiger partial charge < -0.3 is 11.1 Å². The van der Waals surface area contributed by atoms with Crippen LogP contribution in [-0.4, -0.2) is 31.9 Å². The van der Waals surface area contributed by atoms with Crippen LogP contribution < -0.4 is 11.1 Å². The molecule has 17 heavy (non-hydrogen) atoms. The zero-order valence-corrected chi connectivity index (χ0v) is 10.2. The van der Waals surface area contributed by atoms with Gasteiger partial charge in [0.05, 0.1) is 24.1 Å². The quantitative estimate of drug-likeness (QED) is 0.581. The van der Waals surface area contributed by atoms with Gasteiger partial charge in [-0.1, -0.05) is 30.3 Å². The number of rotatable bonds is 3. The lowest BCUT2D eigenvalue weighted by atomic mass is 10.2. The number of benzene rings is 1. The normalized spacial score (nSPS) is 19.6. The summed E-state index contributed by atoms with van der Waals surface area (Å²) < 4.78 is 21.9. The molecule has 1 aromatic rings. The van der Waals surface area contributed by atoms with Crippen LogP contribution in [0.5, 0.6) is 0 Å². The Bertz CT molecular complexity index is 499. The molecule has 0 aromatic heterocycles. The summed E-state index contributed by atoms with van der Waals surface area (Å²) in [6, 6.07) is 9.66. The van der Waals surface area contributed by atoms with Gasteiger partial charge in [-0.3, -0.25) is 0 Å². The summed E-state index contributed by atoms with van der Waals surface area (Å²) in [5, 5.41) is 2.89. The molecule has 1 aromatic carbocycles. The fourth-order valence-corrected chi connectivity index (χ4v) is 2.96. The number of hydrogen-bond acceptors (Lipinski definition) is 3. The minimum absolute atomic E-state index is 0.0838. The highest BCUT2D eigenvalue weighted by Gasteiger charge is 2.33. The summed E-state index contributed by atoms with van der Waals surface area (Å²) in [5.41, 5.74) is 6.73. The Hall–Kier alpha value is -1.56. The Morgan fingerprint density at radius 1 is 1.35 bits per heavy atom. The molecule has 0 aliphatic carbocycles. The van der Waals surface area contributed by atoms with Crippen molar-refractivity contribution in [2.75, 3.05) is 11.5 Å². The van der Waals surface area contributed by atoms with E-state index in [0.29, 0.717) is 12.5 Å². The molecule has 92 valence electrons. The zero-order chi connectivity index (χ0) is 12.3. The maximum atomic E-state index is 10.9. The molecule has 0 radical (unpaired) electrons. The second-order valence-corrected chi connectivity index (χ2v) is 6.26. The Morgan fingerprint density at radius 3 is 2.59 bits per heavy atom. The molecule has 1 saturated heterocycles. The summed E-state index contributed by atoms with van der Waals surface area (Å²) in [6.45, 7) is 0.499. The molecule has 1 aliphatic rings. The van der Waals surface area contributed by atoms with E-state index in [-0.39, 0.29) is 17.5 Å². The van der Waals surface area contributed by atoms with Crippen LogP contribution in [0.25, 0.3) is 0 Å². The van der Waals surface area contributed by atoms with Crippen LogP contribution in [0.15, 0.2) is 35.3 Å². The molecule has 3 N–H and O–H groups in total. The Balaban J connectivity index is 1.82. The van der Waals surface area contributed by atoms with Crippen molar-refractivity contribution in [2.24, 2.45) is 10.7 Å². The van der Waals surface area contributed by atoms with Crippen LogP contribution >= 0.6 is 0 Å². The Morgan fingerprint density at radius 2 is 2.00 bits per heavy atom.